The molecule has 1 atom stereocenters. The van der Waals surface area contributed by atoms with Gasteiger partial charge in [-0.15, -0.1) is 0 Å². The molecule has 0 spiro atoms. The number of likely N-dealkylation sites (tertiary alicyclic amines) is 1. The third-order valence-corrected chi connectivity index (χ3v) is 4.07. The molecule has 0 aliphatic carbocycles. The minimum Gasteiger partial charge on any atom is -0.497 e. The Morgan fingerprint density at radius 3 is 2.48 bits per heavy atom. The maximum absolute atomic E-state index is 14.3. The van der Waals surface area contributed by atoms with Crippen LogP contribution in [0.15, 0.2) is 42.5 Å². The van der Waals surface area contributed by atoms with Gasteiger partial charge in [-0.05, 0) is 41.8 Å². The summed E-state index contributed by atoms with van der Waals surface area (Å²) in [5.41, 5.74) is 1.58. The fraction of sp³-hybridized carbons (Fsp3) is 0.278. The number of hydrogen-bond donors (Lipinski definition) is 1. The van der Waals surface area contributed by atoms with Gasteiger partial charge in [-0.2, -0.15) is 0 Å². The molecule has 3 rings (SSSR count). The summed E-state index contributed by atoms with van der Waals surface area (Å²) in [6.45, 7) is 0.720. The number of ether oxygens (including phenoxy) is 1. The van der Waals surface area contributed by atoms with Crippen LogP contribution in [0.2, 0.25) is 0 Å². The molecule has 1 saturated heterocycles. The average Bonchev–Trinajstić information content (AvgIpc) is 3.01. The number of halogens is 1. The number of benzene rings is 2. The number of rotatable bonds is 3. The molecule has 0 unspecified atom stereocenters. The van der Waals surface area contributed by atoms with Crippen LogP contribution in [-0.4, -0.2) is 42.2 Å². The normalized spacial score (nSPS) is 17.3. The van der Waals surface area contributed by atoms with E-state index in [1.807, 2.05) is 12.1 Å². The molecule has 1 heterocycles. The molecule has 0 radical (unpaired) electrons. The lowest BCUT2D eigenvalue weighted by molar-refractivity contribution is 0.0760. The Balaban J connectivity index is 1.83. The van der Waals surface area contributed by atoms with Crippen LogP contribution in [0, 0.1) is 5.82 Å². The maximum Gasteiger partial charge on any atom is 0.256 e. The maximum atomic E-state index is 14.3. The van der Waals surface area contributed by atoms with Crippen molar-refractivity contribution in [1.29, 1.82) is 0 Å². The molecule has 0 bridgehead atoms. The van der Waals surface area contributed by atoms with Gasteiger partial charge in [-0.1, -0.05) is 18.2 Å². The monoisotopic (exact) mass is 315 g/mol. The first-order valence-electron chi connectivity index (χ1n) is 7.50. The molecule has 1 fully saturated rings. The summed E-state index contributed by atoms with van der Waals surface area (Å²) in [5.74, 6) is -0.196. The van der Waals surface area contributed by atoms with E-state index in [-0.39, 0.29) is 18.0 Å². The van der Waals surface area contributed by atoms with Gasteiger partial charge in [0.25, 0.3) is 5.91 Å². The van der Waals surface area contributed by atoms with E-state index in [2.05, 4.69) is 0 Å². The van der Waals surface area contributed by atoms with Gasteiger partial charge in [-0.25, -0.2) is 4.39 Å². The zero-order valence-corrected chi connectivity index (χ0v) is 12.8. The highest BCUT2D eigenvalue weighted by Gasteiger charge is 2.27. The lowest BCUT2D eigenvalue weighted by Crippen LogP contribution is -2.30. The van der Waals surface area contributed by atoms with Gasteiger partial charge in [0.1, 0.15) is 11.6 Å². The number of amides is 1. The Morgan fingerprint density at radius 1 is 1.22 bits per heavy atom. The molecule has 1 aliphatic heterocycles. The van der Waals surface area contributed by atoms with Crippen molar-refractivity contribution in [3.05, 3.63) is 53.8 Å². The van der Waals surface area contributed by atoms with Crippen molar-refractivity contribution < 1.29 is 19.0 Å². The number of aliphatic hydroxyl groups is 1. The molecule has 2 aromatic carbocycles. The molecular weight excluding hydrogens is 297 g/mol. The van der Waals surface area contributed by atoms with Crippen molar-refractivity contribution in [2.75, 3.05) is 20.2 Å². The van der Waals surface area contributed by atoms with Crippen LogP contribution in [-0.2, 0) is 0 Å². The Kier molecular flexibility index (Phi) is 4.30. The Labute approximate surface area is 134 Å². The van der Waals surface area contributed by atoms with Crippen molar-refractivity contribution >= 4 is 5.91 Å². The molecule has 1 N–H and O–H groups in total. The second kappa shape index (κ2) is 6.38. The molecule has 0 aromatic heterocycles. The standard InChI is InChI=1S/C18H18FNO3/c1-23-15-5-2-12(3-6-15)13-4-7-16(17(19)10-13)18(22)20-9-8-14(21)11-20/h2-7,10,14,21H,8-9,11H2,1H3/t14-/m1/s1. The lowest BCUT2D eigenvalue weighted by atomic mass is 10.0. The van der Waals surface area contributed by atoms with Crippen molar-refractivity contribution in [1.82, 2.24) is 4.90 Å². The summed E-state index contributed by atoms with van der Waals surface area (Å²) in [6.07, 6.45) is 0.0256. The zero-order chi connectivity index (χ0) is 16.4. The van der Waals surface area contributed by atoms with Gasteiger partial charge in [0.15, 0.2) is 0 Å². The molecule has 120 valence electrons. The van der Waals surface area contributed by atoms with Gasteiger partial charge < -0.3 is 14.7 Å². The predicted molar refractivity (Wildman–Crippen MR) is 84.9 cm³/mol. The number of nitrogens with zero attached hydrogens (tertiary/aromatic N) is 1. The van der Waals surface area contributed by atoms with Gasteiger partial charge in [0.2, 0.25) is 0 Å². The van der Waals surface area contributed by atoms with Crippen LogP contribution in [0.25, 0.3) is 11.1 Å². The zero-order valence-electron chi connectivity index (χ0n) is 12.8. The van der Waals surface area contributed by atoms with E-state index in [1.165, 1.54) is 17.0 Å². The highest BCUT2D eigenvalue weighted by Crippen LogP contribution is 2.25. The molecule has 2 aromatic rings. The fourth-order valence-electron chi connectivity index (χ4n) is 2.75. The topological polar surface area (TPSA) is 49.8 Å². The summed E-state index contributed by atoms with van der Waals surface area (Å²) in [7, 11) is 1.59. The summed E-state index contributed by atoms with van der Waals surface area (Å²) in [6, 6.07) is 11.9. The molecule has 1 aliphatic rings. The van der Waals surface area contributed by atoms with Crippen molar-refractivity contribution in [2.24, 2.45) is 0 Å². The first-order chi connectivity index (χ1) is 11.1. The van der Waals surface area contributed by atoms with Gasteiger partial charge >= 0.3 is 0 Å². The minimum absolute atomic E-state index is 0.0383. The van der Waals surface area contributed by atoms with Crippen molar-refractivity contribution in [2.45, 2.75) is 12.5 Å². The fourth-order valence-corrected chi connectivity index (χ4v) is 2.75. The van der Waals surface area contributed by atoms with Crippen LogP contribution in [0.1, 0.15) is 16.8 Å². The highest BCUT2D eigenvalue weighted by atomic mass is 19.1. The van der Waals surface area contributed by atoms with Crippen molar-refractivity contribution in [3.8, 4) is 16.9 Å². The molecule has 0 saturated carbocycles. The second-order valence-corrected chi connectivity index (χ2v) is 5.62. The SMILES string of the molecule is COc1ccc(-c2ccc(C(=O)N3CC[C@@H](O)C3)c(F)c2)cc1. The highest BCUT2D eigenvalue weighted by molar-refractivity contribution is 5.95. The van der Waals surface area contributed by atoms with Crippen LogP contribution in [0.5, 0.6) is 5.75 Å². The molecule has 23 heavy (non-hydrogen) atoms. The van der Waals surface area contributed by atoms with Crippen LogP contribution < -0.4 is 4.74 Å². The Morgan fingerprint density at radius 2 is 1.91 bits per heavy atom. The number of β-amino-alcohol motifs (C(OH)–C–C–N with tert-alkyl or cyclic N) is 1. The number of aliphatic hydroxyl groups excluding tert-OH is 1. The van der Waals surface area contributed by atoms with Crippen LogP contribution in [0.4, 0.5) is 4.39 Å². The van der Waals surface area contributed by atoms with E-state index in [4.69, 9.17) is 4.74 Å². The Hall–Kier alpha value is -2.40. The van der Waals surface area contributed by atoms with Gasteiger partial charge in [0.05, 0.1) is 18.8 Å². The quantitative estimate of drug-likeness (QED) is 0.947. The van der Waals surface area contributed by atoms with E-state index in [1.54, 1.807) is 25.3 Å². The van der Waals surface area contributed by atoms with E-state index in [0.29, 0.717) is 18.5 Å². The van der Waals surface area contributed by atoms with E-state index in [0.717, 1.165) is 11.3 Å². The van der Waals surface area contributed by atoms with Crippen molar-refractivity contribution in [3.63, 3.8) is 0 Å². The van der Waals surface area contributed by atoms with Gasteiger partial charge in [-0.3, -0.25) is 4.79 Å². The Bertz CT molecular complexity index is 715. The molecule has 1 amide bonds. The lowest BCUT2D eigenvalue weighted by Gasteiger charge is -2.16. The first kappa shape index (κ1) is 15.5. The summed E-state index contributed by atoms with van der Waals surface area (Å²) in [5, 5.41) is 9.50. The second-order valence-electron chi connectivity index (χ2n) is 5.62. The first-order valence-corrected chi connectivity index (χ1v) is 7.50. The third-order valence-electron chi connectivity index (χ3n) is 4.07. The predicted octanol–water partition coefficient (Wildman–Crippen LogP) is 2.71. The number of methoxy groups -OCH3 is 1. The minimum atomic E-state index is -0.551. The molecular formula is C18H18FNO3. The summed E-state index contributed by atoms with van der Waals surface area (Å²) >= 11 is 0. The number of carbonyl (C=O) groups excluding carboxylic acids is 1. The molecule has 4 nitrogen and oxygen atoms in total. The third kappa shape index (κ3) is 3.19. The van der Waals surface area contributed by atoms with Crippen LogP contribution >= 0.6 is 0 Å². The largest absolute Gasteiger partial charge is 0.497 e. The summed E-state index contributed by atoms with van der Waals surface area (Å²) < 4.78 is 19.4. The van der Waals surface area contributed by atoms with E-state index >= 15 is 0 Å². The summed E-state index contributed by atoms with van der Waals surface area (Å²) in [4.78, 5) is 13.8. The van der Waals surface area contributed by atoms with E-state index < -0.39 is 11.9 Å². The number of hydrogen-bond acceptors (Lipinski definition) is 3. The number of carbonyl (C=O) groups is 1. The average molecular weight is 315 g/mol. The molecule has 5 heteroatoms. The van der Waals surface area contributed by atoms with E-state index in [9.17, 15) is 14.3 Å². The van der Waals surface area contributed by atoms with Gasteiger partial charge in [0, 0.05) is 13.1 Å². The van der Waals surface area contributed by atoms with Crippen LogP contribution in [0.3, 0.4) is 0 Å². The smallest absolute Gasteiger partial charge is 0.256 e.